The number of aliphatic carboxylic acids is 1. The van der Waals surface area contributed by atoms with E-state index in [4.69, 9.17) is 0 Å². The van der Waals surface area contributed by atoms with Crippen molar-refractivity contribution in [2.75, 3.05) is 13.1 Å². The van der Waals surface area contributed by atoms with Crippen molar-refractivity contribution in [2.24, 2.45) is 11.8 Å². The van der Waals surface area contributed by atoms with Gasteiger partial charge in [0, 0.05) is 35.8 Å². The van der Waals surface area contributed by atoms with E-state index in [0.29, 0.717) is 25.1 Å². The molecule has 1 aliphatic rings. The summed E-state index contributed by atoms with van der Waals surface area (Å²) in [5.74, 6) is -1.02. The molecule has 1 aliphatic heterocycles. The van der Waals surface area contributed by atoms with Gasteiger partial charge in [0.1, 0.15) is 0 Å². The number of aromatic amines is 1. The molecule has 5 nitrogen and oxygen atoms in total. The molecule has 0 saturated carbocycles. The molecule has 4 rings (SSSR count). The van der Waals surface area contributed by atoms with Crippen LogP contribution in [0.1, 0.15) is 35.3 Å². The molecule has 28 heavy (non-hydrogen) atoms. The number of hydrogen-bond acceptors (Lipinski definition) is 3. The van der Waals surface area contributed by atoms with Gasteiger partial charge in [-0.3, -0.25) is 14.5 Å². The first-order valence-electron chi connectivity index (χ1n) is 9.66. The predicted octanol–water partition coefficient (Wildman–Crippen LogP) is 4.13. The van der Waals surface area contributed by atoms with E-state index in [9.17, 15) is 14.7 Å². The fraction of sp³-hybridized carbons (Fsp3) is 0.304. The lowest BCUT2D eigenvalue weighted by Gasteiger charge is -2.39. The first-order valence-corrected chi connectivity index (χ1v) is 9.66. The zero-order chi connectivity index (χ0) is 19.7. The number of nitrogens with zero attached hydrogens (tertiary/aromatic N) is 1. The third-order valence-electron chi connectivity index (χ3n) is 5.62. The highest BCUT2D eigenvalue weighted by Crippen LogP contribution is 2.33. The van der Waals surface area contributed by atoms with Crippen LogP contribution in [-0.2, 0) is 4.79 Å². The number of likely N-dealkylation sites (tertiary alicyclic amines) is 1. The number of fused-ring (bicyclic) bond motifs is 1. The molecule has 5 heteroatoms. The Balaban J connectivity index is 1.76. The number of carbonyl (C=O) groups excluding carboxylic acids is 1. The van der Waals surface area contributed by atoms with Crippen LogP contribution in [0.25, 0.3) is 10.9 Å². The van der Waals surface area contributed by atoms with Crippen LogP contribution < -0.4 is 0 Å². The summed E-state index contributed by atoms with van der Waals surface area (Å²) in [5.41, 5.74) is 2.47. The van der Waals surface area contributed by atoms with E-state index in [1.165, 1.54) is 0 Å². The molecule has 1 fully saturated rings. The Morgan fingerprint density at radius 1 is 1.07 bits per heavy atom. The molecule has 0 spiro atoms. The van der Waals surface area contributed by atoms with E-state index in [1.54, 1.807) is 6.20 Å². The van der Waals surface area contributed by atoms with Crippen molar-refractivity contribution in [3.05, 3.63) is 71.9 Å². The van der Waals surface area contributed by atoms with Gasteiger partial charge in [-0.2, -0.15) is 0 Å². The van der Waals surface area contributed by atoms with Gasteiger partial charge in [-0.15, -0.1) is 0 Å². The summed E-state index contributed by atoms with van der Waals surface area (Å²) in [6, 6.07) is 16.9. The van der Waals surface area contributed by atoms with Gasteiger partial charge in [-0.05, 0) is 24.0 Å². The van der Waals surface area contributed by atoms with E-state index < -0.39 is 17.9 Å². The van der Waals surface area contributed by atoms with Crippen LogP contribution in [0.4, 0.5) is 0 Å². The van der Waals surface area contributed by atoms with Crippen LogP contribution in [0.5, 0.6) is 0 Å². The molecule has 144 valence electrons. The van der Waals surface area contributed by atoms with Crippen molar-refractivity contribution in [3.63, 3.8) is 0 Å². The number of carboxylic acids is 1. The first-order chi connectivity index (χ1) is 13.5. The number of para-hydroxylation sites is 1. The molecule has 2 aromatic carbocycles. The Bertz CT molecular complexity index is 995. The number of aromatic nitrogens is 1. The molecule has 0 amide bonds. The van der Waals surface area contributed by atoms with Crippen LogP contribution in [0, 0.1) is 11.8 Å². The Labute approximate surface area is 164 Å². The normalized spacial score (nSPS) is 21.5. The average molecular weight is 376 g/mol. The topological polar surface area (TPSA) is 73.4 Å². The summed E-state index contributed by atoms with van der Waals surface area (Å²) < 4.78 is 0. The van der Waals surface area contributed by atoms with Gasteiger partial charge in [0.15, 0.2) is 5.78 Å². The minimum atomic E-state index is -0.789. The lowest BCUT2D eigenvalue weighted by Crippen LogP contribution is -2.46. The molecule has 2 heterocycles. The standard InChI is InChI=1S/C23H24N2O3/c1-15-11-17(23(27)28)14-25(13-15)21(16-7-3-2-4-8-16)22(26)19-12-24-20-10-6-5-9-18(19)20/h2-10,12,15,17,21,24H,11,13-14H2,1H3,(H,27,28). The van der Waals surface area contributed by atoms with Gasteiger partial charge in [-0.1, -0.05) is 55.5 Å². The van der Waals surface area contributed by atoms with Crippen LogP contribution in [0.2, 0.25) is 0 Å². The van der Waals surface area contributed by atoms with Crippen LogP contribution in [0.3, 0.4) is 0 Å². The number of rotatable bonds is 5. The number of carbonyl (C=O) groups is 2. The van der Waals surface area contributed by atoms with Crippen molar-refractivity contribution in [1.82, 2.24) is 9.88 Å². The van der Waals surface area contributed by atoms with Crippen molar-refractivity contribution in [2.45, 2.75) is 19.4 Å². The average Bonchev–Trinajstić information content (AvgIpc) is 3.13. The van der Waals surface area contributed by atoms with Gasteiger partial charge >= 0.3 is 5.97 Å². The van der Waals surface area contributed by atoms with Gasteiger partial charge in [0.2, 0.25) is 0 Å². The fourth-order valence-electron chi connectivity index (χ4n) is 4.37. The molecule has 0 aliphatic carbocycles. The zero-order valence-electron chi connectivity index (χ0n) is 15.8. The third kappa shape index (κ3) is 3.45. The summed E-state index contributed by atoms with van der Waals surface area (Å²) in [4.78, 5) is 30.6. The smallest absolute Gasteiger partial charge is 0.307 e. The Morgan fingerprint density at radius 3 is 2.54 bits per heavy atom. The molecule has 3 unspecified atom stereocenters. The molecule has 2 N–H and O–H groups in total. The van der Waals surface area contributed by atoms with E-state index >= 15 is 0 Å². The maximum Gasteiger partial charge on any atom is 0.307 e. The predicted molar refractivity (Wildman–Crippen MR) is 108 cm³/mol. The van der Waals surface area contributed by atoms with Crippen molar-refractivity contribution >= 4 is 22.7 Å². The summed E-state index contributed by atoms with van der Waals surface area (Å²) in [5, 5.41) is 10.5. The quantitative estimate of drug-likeness (QED) is 0.657. The monoisotopic (exact) mass is 376 g/mol. The zero-order valence-corrected chi connectivity index (χ0v) is 15.8. The van der Waals surface area contributed by atoms with E-state index in [0.717, 1.165) is 16.5 Å². The van der Waals surface area contributed by atoms with E-state index in [2.05, 4.69) is 11.9 Å². The largest absolute Gasteiger partial charge is 0.481 e. The lowest BCUT2D eigenvalue weighted by molar-refractivity contribution is -0.144. The van der Waals surface area contributed by atoms with Crippen LogP contribution >= 0.6 is 0 Å². The highest BCUT2D eigenvalue weighted by atomic mass is 16.4. The molecule has 1 aromatic heterocycles. The first kappa shape index (κ1) is 18.4. The fourth-order valence-corrected chi connectivity index (χ4v) is 4.37. The van der Waals surface area contributed by atoms with Crippen LogP contribution in [0.15, 0.2) is 60.8 Å². The Kier molecular flexibility index (Phi) is 5.01. The highest BCUT2D eigenvalue weighted by molar-refractivity contribution is 6.10. The number of Topliss-reactive ketones (excluding diaryl/α,β-unsaturated/α-hetero) is 1. The summed E-state index contributed by atoms with van der Waals surface area (Å²) in [6.07, 6.45) is 2.42. The SMILES string of the molecule is CC1CC(C(=O)O)CN(C(C(=O)c2c[nH]c3ccccc23)c2ccccc2)C1. The second-order valence-electron chi connectivity index (χ2n) is 7.76. The van der Waals surface area contributed by atoms with E-state index in [-0.39, 0.29) is 11.7 Å². The van der Waals surface area contributed by atoms with Gasteiger partial charge < -0.3 is 10.1 Å². The molecule has 3 aromatic rings. The van der Waals surface area contributed by atoms with Gasteiger partial charge in [0.05, 0.1) is 12.0 Å². The van der Waals surface area contributed by atoms with E-state index in [1.807, 2.05) is 59.5 Å². The Morgan fingerprint density at radius 2 is 1.79 bits per heavy atom. The minimum absolute atomic E-state index is 0.00175. The molecule has 0 bridgehead atoms. The lowest BCUT2D eigenvalue weighted by atomic mass is 9.86. The Hall–Kier alpha value is -2.92. The summed E-state index contributed by atoms with van der Waals surface area (Å²) >= 11 is 0. The molecule has 3 atom stereocenters. The van der Waals surface area contributed by atoms with Gasteiger partial charge in [0.25, 0.3) is 0 Å². The third-order valence-corrected chi connectivity index (χ3v) is 5.62. The minimum Gasteiger partial charge on any atom is -0.481 e. The second kappa shape index (κ2) is 7.60. The number of carboxylic acid groups (broad SMARTS) is 1. The van der Waals surface area contributed by atoms with Crippen molar-refractivity contribution < 1.29 is 14.7 Å². The van der Waals surface area contributed by atoms with Crippen LogP contribution in [-0.4, -0.2) is 39.8 Å². The number of piperidine rings is 1. The summed E-state index contributed by atoms with van der Waals surface area (Å²) in [6.45, 7) is 3.14. The van der Waals surface area contributed by atoms with Crippen molar-refractivity contribution in [1.29, 1.82) is 0 Å². The number of benzene rings is 2. The molecular weight excluding hydrogens is 352 g/mol. The maximum absolute atomic E-state index is 13.7. The molecular formula is C23H24N2O3. The summed E-state index contributed by atoms with van der Waals surface area (Å²) in [7, 11) is 0. The van der Waals surface area contributed by atoms with Gasteiger partial charge in [-0.25, -0.2) is 0 Å². The number of ketones is 1. The van der Waals surface area contributed by atoms with Crippen molar-refractivity contribution in [3.8, 4) is 0 Å². The molecule has 1 saturated heterocycles. The number of H-pyrrole nitrogens is 1. The number of nitrogens with one attached hydrogen (secondary N) is 1. The highest BCUT2D eigenvalue weighted by Gasteiger charge is 2.37. The number of hydrogen-bond donors (Lipinski definition) is 2. The second-order valence-corrected chi connectivity index (χ2v) is 7.76. The maximum atomic E-state index is 13.7. The molecule has 0 radical (unpaired) electrons.